The van der Waals surface area contributed by atoms with Gasteiger partial charge < -0.3 is 19.9 Å². The third kappa shape index (κ3) is 7.84. The molecule has 0 aliphatic carbocycles. The maximum absolute atomic E-state index is 14.5. The van der Waals surface area contributed by atoms with E-state index < -0.39 is 29.3 Å². The predicted octanol–water partition coefficient (Wildman–Crippen LogP) is 7.95. The molecule has 250 valence electrons. The number of hydrogen-bond acceptors (Lipinski definition) is 5. The van der Waals surface area contributed by atoms with Crippen molar-refractivity contribution in [2.75, 3.05) is 13.2 Å². The fraction of sp³-hybridized carbons (Fsp3) is 0.200. The van der Waals surface area contributed by atoms with Gasteiger partial charge in [-0.1, -0.05) is 97.1 Å². The number of aliphatic hydroxyl groups is 1. The normalized spacial score (nSPS) is 17.2. The average Bonchev–Trinajstić information content (AvgIpc) is 3.52. The van der Waals surface area contributed by atoms with Gasteiger partial charge in [0.2, 0.25) is 5.90 Å². The van der Waals surface area contributed by atoms with Crippen molar-refractivity contribution < 1.29 is 32.5 Å². The van der Waals surface area contributed by atoms with E-state index in [2.05, 4.69) is 5.32 Å². The van der Waals surface area contributed by atoms with Gasteiger partial charge in [-0.15, -0.1) is 0 Å². The first-order valence-corrected chi connectivity index (χ1v) is 16.0. The minimum atomic E-state index is -4.51. The molecule has 9 heteroatoms. The van der Waals surface area contributed by atoms with Gasteiger partial charge in [-0.2, -0.15) is 13.2 Å². The number of amides is 1. The van der Waals surface area contributed by atoms with Gasteiger partial charge >= 0.3 is 6.18 Å². The fourth-order valence-electron chi connectivity index (χ4n) is 5.86. The second-order valence-corrected chi connectivity index (χ2v) is 11.8. The summed E-state index contributed by atoms with van der Waals surface area (Å²) in [7, 11) is 0. The van der Waals surface area contributed by atoms with Crippen molar-refractivity contribution in [1.82, 2.24) is 5.32 Å². The molecule has 2 atom stereocenters. The number of aliphatic imine (C=N–C) groups is 1. The van der Waals surface area contributed by atoms with Crippen molar-refractivity contribution in [3.8, 4) is 16.9 Å². The SMILES string of the molecule is O=C(NCc1cccc(C(F)(F)F)c1)[C@]1(Cc2ccccc2)N=C(c2ccc(OCCCO)cc2)O[C@@H]1c1ccc(-c2ccccc2)cc1. The molecule has 0 bridgehead atoms. The van der Waals surface area contributed by atoms with E-state index in [9.17, 15) is 18.0 Å². The second kappa shape index (κ2) is 14.8. The van der Waals surface area contributed by atoms with E-state index in [4.69, 9.17) is 19.6 Å². The molecular formula is C40H35F3N2O4. The summed E-state index contributed by atoms with van der Waals surface area (Å²) in [6.45, 7) is 0.250. The van der Waals surface area contributed by atoms with Gasteiger partial charge in [0, 0.05) is 31.6 Å². The van der Waals surface area contributed by atoms with Crippen LogP contribution in [0.3, 0.4) is 0 Å². The summed E-state index contributed by atoms with van der Waals surface area (Å²) in [6.07, 6.45) is -4.71. The van der Waals surface area contributed by atoms with Crippen LogP contribution >= 0.6 is 0 Å². The molecule has 1 aliphatic rings. The number of alkyl halides is 3. The fourth-order valence-corrected chi connectivity index (χ4v) is 5.86. The van der Waals surface area contributed by atoms with Crippen LogP contribution in [-0.2, 0) is 28.7 Å². The van der Waals surface area contributed by atoms with Gasteiger partial charge in [0.05, 0.1) is 12.2 Å². The number of hydrogen-bond donors (Lipinski definition) is 2. The molecular weight excluding hydrogens is 629 g/mol. The molecule has 0 unspecified atom stereocenters. The molecule has 0 aromatic heterocycles. The Balaban J connectivity index is 1.39. The maximum Gasteiger partial charge on any atom is 0.416 e. The first kappa shape index (κ1) is 33.5. The number of rotatable bonds is 12. The number of carbonyl (C=O) groups excluding carboxylic acids is 1. The van der Waals surface area contributed by atoms with Crippen molar-refractivity contribution in [2.45, 2.75) is 37.2 Å². The van der Waals surface area contributed by atoms with E-state index in [0.717, 1.165) is 28.8 Å². The highest BCUT2D eigenvalue weighted by molar-refractivity contribution is 6.01. The first-order valence-electron chi connectivity index (χ1n) is 16.0. The number of aliphatic hydroxyl groups excluding tert-OH is 1. The standard InChI is InChI=1S/C40H35F3N2O4/c41-40(42,43)34-14-7-11-29(25-34)27-44-38(47)39(26-28-9-3-1-4-10-28)36(32-17-15-31(16-18-32)30-12-5-2-6-13-30)49-37(45-39)33-19-21-35(22-20-33)48-24-8-23-46/h1-7,9-22,25,36,46H,8,23-24,26-27H2,(H,44,47)/t36-,39-/m1/s1. The van der Waals surface area contributed by atoms with Crippen molar-refractivity contribution in [3.63, 3.8) is 0 Å². The van der Waals surface area contributed by atoms with Crippen molar-refractivity contribution in [3.05, 3.63) is 161 Å². The Morgan fingerprint density at radius 3 is 2.10 bits per heavy atom. The largest absolute Gasteiger partial charge is 0.494 e. The number of ether oxygens (including phenoxy) is 2. The van der Waals surface area contributed by atoms with Crippen LogP contribution in [0.4, 0.5) is 13.2 Å². The Kier molecular flexibility index (Phi) is 10.1. The van der Waals surface area contributed by atoms with Crippen LogP contribution in [0.15, 0.2) is 138 Å². The Labute approximate surface area is 282 Å². The third-order valence-corrected chi connectivity index (χ3v) is 8.37. The molecule has 0 saturated carbocycles. The lowest BCUT2D eigenvalue weighted by atomic mass is 9.81. The molecule has 5 aromatic rings. The van der Waals surface area contributed by atoms with Gasteiger partial charge in [-0.25, -0.2) is 4.99 Å². The number of halogens is 3. The van der Waals surface area contributed by atoms with Crippen LogP contribution in [0.1, 0.15) is 40.3 Å². The maximum atomic E-state index is 14.5. The van der Waals surface area contributed by atoms with E-state index in [1.54, 1.807) is 30.3 Å². The summed E-state index contributed by atoms with van der Waals surface area (Å²) in [4.78, 5) is 19.5. The molecule has 49 heavy (non-hydrogen) atoms. The Morgan fingerprint density at radius 1 is 0.796 bits per heavy atom. The lowest BCUT2D eigenvalue weighted by Gasteiger charge is -2.31. The molecule has 0 radical (unpaired) electrons. The van der Waals surface area contributed by atoms with Crippen molar-refractivity contribution in [1.29, 1.82) is 0 Å². The zero-order chi connectivity index (χ0) is 34.3. The lowest BCUT2D eigenvalue weighted by Crippen LogP contribution is -2.49. The monoisotopic (exact) mass is 664 g/mol. The molecule has 6 nitrogen and oxygen atoms in total. The van der Waals surface area contributed by atoms with Gasteiger partial charge in [0.25, 0.3) is 5.91 Å². The van der Waals surface area contributed by atoms with E-state index in [1.807, 2.05) is 84.9 Å². The molecule has 0 saturated heterocycles. The van der Waals surface area contributed by atoms with E-state index in [1.165, 1.54) is 6.07 Å². The molecule has 6 rings (SSSR count). The highest BCUT2D eigenvalue weighted by Crippen LogP contribution is 2.43. The molecule has 1 amide bonds. The summed E-state index contributed by atoms with van der Waals surface area (Å²) >= 11 is 0. The Hall–Kier alpha value is -5.41. The van der Waals surface area contributed by atoms with Gasteiger partial charge in [-0.3, -0.25) is 4.79 Å². The second-order valence-electron chi connectivity index (χ2n) is 11.8. The summed E-state index contributed by atoms with van der Waals surface area (Å²) in [6, 6.07) is 39.2. The average molecular weight is 665 g/mol. The van der Waals surface area contributed by atoms with Gasteiger partial charge in [-0.05, 0) is 64.2 Å². The topological polar surface area (TPSA) is 80.2 Å². The minimum Gasteiger partial charge on any atom is -0.494 e. The number of benzene rings is 5. The summed E-state index contributed by atoms with van der Waals surface area (Å²) in [5, 5.41) is 12.0. The zero-order valence-electron chi connectivity index (χ0n) is 26.6. The molecule has 1 heterocycles. The highest BCUT2D eigenvalue weighted by Gasteiger charge is 2.53. The molecule has 0 spiro atoms. The third-order valence-electron chi connectivity index (χ3n) is 8.37. The van der Waals surface area contributed by atoms with Crippen LogP contribution in [0.2, 0.25) is 0 Å². The van der Waals surface area contributed by atoms with E-state index in [-0.39, 0.29) is 25.5 Å². The quantitative estimate of drug-likeness (QED) is 0.133. The van der Waals surface area contributed by atoms with E-state index >= 15 is 0 Å². The smallest absolute Gasteiger partial charge is 0.416 e. The summed E-state index contributed by atoms with van der Waals surface area (Å²) < 4.78 is 52.7. The number of carbonyl (C=O) groups is 1. The predicted molar refractivity (Wildman–Crippen MR) is 182 cm³/mol. The van der Waals surface area contributed by atoms with Gasteiger partial charge in [0.1, 0.15) is 5.75 Å². The first-order chi connectivity index (χ1) is 23.7. The lowest BCUT2D eigenvalue weighted by molar-refractivity contribution is -0.137. The number of nitrogens with one attached hydrogen (secondary N) is 1. The zero-order valence-corrected chi connectivity index (χ0v) is 26.6. The molecule has 1 aliphatic heterocycles. The number of nitrogens with zero attached hydrogens (tertiary/aromatic N) is 1. The van der Waals surface area contributed by atoms with Crippen LogP contribution in [0.5, 0.6) is 5.75 Å². The molecule has 5 aromatic carbocycles. The van der Waals surface area contributed by atoms with Gasteiger partial charge in [0.15, 0.2) is 11.6 Å². The van der Waals surface area contributed by atoms with Crippen molar-refractivity contribution >= 4 is 11.8 Å². The summed E-state index contributed by atoms with van der Waals surface area (Å²) in [5.41, 5.74) is 2.21. The molecule has 0 fully saturated rings. The summed E-state index contributed by atoms with van der Waals surface area (Å²) in [5.74, 6) is 0.382. The van der Waals surface area contributed by atoms with Crippen LogP contribution in [-0.4, -0.2) is 35.7 Å². The Bertz CT molecular complexity index is 1880. The van der Waals surface area contributed by atoms with Crippen LogP contribution in [0.25, 0.3) is 11.1 Å². The van der Waals surface area contributed by atoms with Crippen molar-refractivity contribution in [2.24, 2.45) is 4.99 Å². The van der Waals surface area contributed by atoms with E-state index in [0.29, 0.717) is 35.5 Å². The van der Waals surface area contributed by atoms with Crippen LogP contribution < -0.4 is 10.1 Å². The minimum absolute atomic E-state index is 0.0236. The highest BCUT2D eigenvalue weighted by atomic mass is 19.4. The Morgan fingerprint density at radius 2 is 1.43 bits per heavy atom. The molecule has 2 N–H and O–H groups in total. The van der Waals surface area contributed by atoms with Crippen LogP contribution in [0, 0.1) is 0 Å².